The predicted molar refractivity (Wildman–Crippen MR) is 96.7 cm³/mol. The van der Waals surface area contributed by atoms with E-state index in [4.69, 9.17) is 4.74 Å². The molecule has 0 fully saturated rings. The second kappa shape index (κ2) is 6.53. The highest BCUT2D eigenvalue weighted by molar-refractivity contribution is 9.10. The predicted octanol–water partition coefficient (Wildman–Crippen LogP) is 6.74. The third-order valence-electron chi connectivity index (χ3n) is 3.34. The van der Waals surface area contributed by atoms with Crippen molar-refractivity contribution in [2.75, 3.05) is 0 Å². The molecule has 0 N–H and O–H groups in total. The Kier molecular flexibility index (Phi) is 5.15. The van der Waals surface area contributed by atoms with E-state index in [0.717, 1.165) is 21.3 Å². The maximum atomic E-state index is 6.13. The van der Waals surface area contributed by atoms with Crippen LogP contribution < -0.4 is 4.74 Å². The Hall–Kier alpha value is -0.800. The lowest BCUT2D eigenvalue weighted by Gasteiger charge is -2.23. The molecule has 0 aliphatic carbocycles. The van der Waals surface area contributed by atoms with Crippen molar-refractivity contribution in [2.24, 2.45) is 0 Å². The van der Waals surface area contributed by atoms with Crippen LogP contribution in [0.3, 0.4) is 0 Å². The molecule has 2 aromatic carbocycles. The Balaban J connectivity index is 2.38. The second-order valence-corrected chi connectivity index (χ2v) is 7.65. The van der Waals surface area contributed by atoms with Crippen LogP contribution in [0.4, 0.5) is 0 Å². The topological polar surface area (TPSA) is 9.23 Å². The lowest BCUT2D eigenvalue weighted by Crippen LogP contribution is -2.12. The van der Waals surface area contributed by atoms with Crippen molar-refractivity contribution in [1.82, 2.24) is 0 Å². The van der Waals surface area contributed by atoms with Gasteiger partial charge in [-0.05, 0) is 36.1 Å². The Bertz CT molecular complexity index is 642. The zero-order valence-electron chi connectivity index (χ0n) is 12.8. The highest BCUT2D eigenvalue weighted by Gasteiger charge is 2.19. The van der Waals surface area contributed by atoms with Gasteiger partial charge in [0.25, 0.3) is 0 Å². The van der Waals surface area contributed by atoms with Gasteiger partial charge < -0.3 is 4.74 Å². The molecule has 21 heavy (non-hydrogen) atoms. The maximum Gasteiger partial charge on any atom is 0.131 e. The molecular formula is C18H20Br2O. The summed E-state index contributed by atoms with van der Waals surface area (Å²) in [6.45, 7) is 8.73. The monoisotopic (exact) mass is 410 g/mol. The van der Waals surface area contributed by atoms with E-state index < -0.39 is 0 Å². The van der Waals surface area contributed by atoms with Crippen LogP contribution in [0.2, 0.25) is 0 Å². The fraction of sp³-hybridized carbons (Fsp3) is 0.333. The largest absolute Gasteiger partial charge is 0.457 e. The van der Waals surface area contributed by atoms with Crippen LogP contribution >= 0.6 is 31.9 Å². The van der Waals surface area contributed by atoms with Gasteiger partial charge in [-0.3, -0.25) is 0 Å². The lowest BCUT2D eigenvalue weighted by atomic mass is 9.85. The molecule has 0 atom stereocenters. The van der Waals surface area contributed by atoms with Crippen molar-refractivity contribution in [1.29, 1.82) is 0 Å². The van der Waals surface area contributed by atoms with Gasteiger partial charge in [0.1, 0.15) is 11.5 Å². The molecule has 0 saturated heterocycles. The molecule has 0 amide bonds. The van der Waals surface area contributed by atoms with Crippen molar-refractivity contribution in [3.63, 3.8) is 0 Å². The summed E-state index contributed by atoms with van der Waals surface area (Å²) in [4.78, 5) is 0. The fourth-order valence-electron chi connectivity index (χ4n) is 2.15. The van der Waals surface area contributed by atoms with E-state index in [0.29, 0.717) is 0 Å². The van der Waals surface area contributed by atoms with Crippen LogP contribution in [-0.2, 0) is 10.7 Å². The summed E-state index contributed by atoms with van der Waals surface area (Å²) < 4.78 is 7.18. The van der Waals surface area contributed by atoms with E-state index >= 15 is 0 Å². The smallest absolute Gasteiger partial charge is 0.131 e. The zero-order valence-corrected chi connectivity index (χ0v) is 16.0. The molecule has 0 radical (unpaired) electrons. The van der Waals surface area contributed by atoms with Gasteiger partial charge in [0.15, 0.2) is 0 Å². The van der Waals surface area contributed by atoms with E-state index in [2.05, 4.69) is 83.8 Å². The van der Waals surface area contributed by atoms with Crippen LogP contribution in [0.25, 0.3) is 0 Å². The van der Waals surface area contributed by atoms with Gasteiger partial charge in [0, 0.05) is 15.4 Å². The van der Waals surface area contributed by atoms with Gasteiger partial charge in [-0.2, -0.15) is 0 Å². The minimum absolute atomic E-state index is 0.0500. The number of hydrogen-bond acceptors (Lipinski definition) is 1. The van der Waals surface area contributed by atoms with E-state index in [1.165, 1.54) is 16.7 Å². The molecular weight excluding hydrogens is 392 g/mol. The number of alkyl halides is 1. The van der Waals surface area contributed by atoms with Crippen molar-refractivity contribution >= 4 is 31.9 Å². The molecule has 0 bridgehead atoms. The zero-order chi connectivity index (χ0) is 15.6. The van der Waals surface area contributed by atoms with Gasteiger partial charge >= 0.3 is 0 Å². The molecule has 0 aliphatic heterocycles. The van der Waals surface area contributed by atoms with E-state index in [1.807, 2.05) is 12.1 Å². The molecule has 0 unspecified atom stereocenters. The fourth-order valence-corrected chi connectivity index (χ4v) is 3.51. The van der Waals surface area contributed by atoms with Crippen molar-refractivity contribution < 1.29 is 4.74 Å². The number of hydrogen-bond donors (Lipinski definition) is 0. The number of halogens is 2. The number of benzene rings is 2. The number of ether oxygens (including phenoxy) is 1. The van der Waals surface area contributed by atoms with E-state index in [1.54, 1.807) is 0 Å². The first kappa shape index (κ1) is 16.6. The van der Waals surface area contributed by atoms with Gasteiger partial charge in [0.05, 0.1) is 0 Å². The first-order valence-corrected chi connectivity index (χ1v) is 8.86. The van der Waals surface area contributed by atoms with Crippen molar-refractivity contribution in [3.8, 4) is 11.5 Å². The Morgan fingerprint density at radius 1 is 1.05 bits per heavy atom. The minimum Gasteiger partial charge on any atom is -0.457 e. The SMILES string of the molecule is Cc1ccc(Oc2ccc(CBr)c(Br)c2)c(C(C)(C)C)c1. The highest BCUT2D eigenvalue weighted by Crippen LogP contribution is 2.36. The van der Waals surface area contributed by atoms with Crippen molar-refractivity contribution in [3.05, 3.63) is 57.6 Å². The van der Waals surface area contributed by atoms with Gasteiger partial charge in [-0.15, -0.1) is 0 Å². The Labute approximate surface area is 144 Å². The average Bonchev–Trinajstić information content (AvgIpc) is 2.40. The summed E-state index contributed by atoms with van der Waals surface area (Å²) in [6.07, 6.45) is 0. The first-order chi connectivity index (χ1) is 9.81. The molecule has 0 aromatic heterocycles. The molecule has 0 heterocycles. The molecule has 0 aliphatic rings. The Morgan fingerprint density at radius 3 is 2.33 bits per heavy atom. The van der Waals surface area contributed by atoms with Gasteiger partial charge in [-0.1, -0.05) is 76.4 Å². The molecule has 112 valence electrons. The number of rotatable bonds is 3. The standard InChI is InChI=1S/C18H20Br2O/c1-12-5-8-17(15(9-12)18(2,3)4)21-14-7-6-13(11-19)16(20)10-14/h5-10H,11H2,1-4H3. The summed E-state index contributed by atoms with van der Waals surface area (Å²) in [6, 6.07) is 12.4. The maximum absolute atomic E-state index is 6.13. The lowest BCUT2D eigenvalue weighted by molar-refractivity contribution is 0.454. The third kappa shape index (κ3) is 4.10. The van der Waals surface area contributed by atoms with Crippen LogP contribution in [0.5, 0.6) is 11.5 Å². The molecule has 2 rings (SSSR count). The highest BCUT2D eigenvalue weighted by atomic mass is 79.9. The van der Waals surface area contributed by atoms with Gasteiger partial charge in [-0.25, -0.2) is 0 Å². The molecule has 0 spiro atoms. The van der Waals surface area contributed by atoms with Crippen molar-refractivity contribution in [2.45, 2.75) is 38.4 Å². The van der Waals surface area contributed by atoms with E-state index in [9.17, 15) is 0 Å². The second-order valence-electron chi connectivity index (χ2n) is 6.24. The van der Waals surface area contributed by atoms with Crippen LogP contribution in [-0.4, -0.2) is 0 Å². The molecule has 1 nitrogen and oxygen atoms in total. The quantitative estimate of drug-likeness (QED) is 0.508. The minimum atomic E-state index is 0.0500. The van der Waals surface area contributed by atoms with Crippen LogP contribution in [0.15, 0.2) is 40.9 Å². The molecule has 0 saturated carbocycles. The van der Waals surface area contributed by atoms with Crippen LogP contribution in [0.1, 0.15) is 37.5 Å². The summed E-state index contributed by atoms with van der Waals surface area (Å²) in [5.74, 6) is 1.77. The summed E-state index contributed by atoms with van der Waals surface area (Å²) in [5.41, 5.74) is 3.74. The summed E-state index contributed by atoms with van der Waals surface area (Å²) >= 11 is 7.05. The average molecular weight is 412 g/mol. The van der Waals surface area contributed by atoms with Gasteiger partial charge in [0.2, 0.25) is 0 Å². The third-order valence-corrected chi connectivity index (χ3v) is 4.68. The normalized spacial score (nSPS) is 11.5. The number of aryl methyl sites for hydroxylation is 1. The Morgan fingerprint density at radius 2 is 1.76 bits per heavy atom. The summed E-state index contributed by atoms with van der Waals surface area (Å²) in [5, 5.41) is 0.825. The molecule has 2 aromatic rings. The summed E-state index contributed by atoms with van der Waals surface area (Å²) in [7, 11) is 0. The first-order valence-electron chi connectivity index (χ1n) is 6.94. The van der Waals surface area contributed by atoms with E-state index in [-0.39, 0.29) is 5.41 Å². The molecule has 3 heteroatoms. The van der Waals surface area contributed by atoms with Crippen LogP contribution in [0, 0.1) is 6.92 Å².